The third kappa shape index (κ3) is 2.44. The van der Waals surface area contributed by atoms with E-state index in [9.17, 15) is 4.79 Å². The monoisotopic (exact) mass is 245 g/mol. The van der Waals surface area contributed by atoms with Gasteiger partial charge in [-0.05, 0) is 24.6 Å². The largest absolute Gasteiger partial charge is 0.399 e. The summed E-state index contributed by atoms with van der Waals surface area (Å²) in [5, 5.41) is 8.83. The zero-order valence-electron chi connectivity index (χ0n) is 10.2. The van der Waals surface area contributed by atoms with E-state index in [1.165, 1.54) is 0 Å². The van der Waals surface area contributed by atoms with Crippen molar-refractivity contribution in [3.63, 3.8) is 0 Å². The first-order valence-electron chi connectivity index (χ1n) is 5.78. The number of amides is 1. The highest BCUT2D eigenvalue weighted by atomic mass is 16.5. The van der Waals surface area contributed by atoms with Gasteiger partial charge in [-0.1, -0.05) is 6.07 Å². The molecule has 1 aliphatic heterocycles. The Morgan fingerprint density at radius 1 is 1.61 bits per heavy atom. The molecule has 1 aromatic rings. The highest BCUT2D eigenvalue weighted by Gasteiger charge is 2.25. The molecule has 0 bridgehead atoms. The van der Waals surface area contributed by atoms with Gasteiger partial charge in [0.25, 0.3) is 5.91 Å². The van der Waals surface area contributed by atoms with E-state index < -0.39 is 6.10 Å². The van der Waals surface area contributed by atoms with Gasteiger partial charge in [-0.25, -0.2) is 0 Å². The molecular weight excluding hydrogens is 230 g/mol. The first kappa shape index (κ1) is 12.4. The van der Waals surface area contributed by atoms with Crippen LogP contribution in [0.2, 0.25) is 0 Å². The fourth-order valence-corrected chi connectivity index (χ4v) is 1.95. The van der Waals surface area contributed by atoms with Gasteiger partial charge < -0.3 is 15.4 Å². The molecule has 1 saturated heterocycles. The minimum atomic E-state index is -0.538. The van der Waals surface area contributed by atoms with Crippen LogP contribution in [0, 0.1) is 18.3 Å². The van der Waals surface area contributed by atoms with Crippen molar-refractivity contribution in [3.05, 3.63) is 29.3 Å². The van der Waals surface area contributed by atoms with E-state index in [0.717, 1.165) is 5.56 Å². The van der Waals surface area contributed by atoms with Crippen LogP contribution in [0.3, 0.4) is 0 Å². The molecule has 1 aliphatic rings. The molecule has 2 rings (SSSR count). The number of hydrogen-bond donors (Lipinski definition) is 1. The van der Waals surface area contributed by atoms with Crippen molar-refractivity contribution in [2.75, 3.05) is 25.4 Å². The third-order valence-corrected chi connectivity index (χ3v) is 2.99. The molecule has 0 spiro atoms. The first-order valence-corrected chi connectivity index (χ1v) is 5.78. The van der Waals surface area contributed by atoms with Crippen molar-refractivity contribution < 1.29 is 9.53 Å². The van der Waals surface area contributed by atoms with Gasteiger partial charge in [-0.2, -0.15) is 5.26 Å². The van der Waals surface area contributed by atoms with Crippen molar-refractivity contribution in [2.24, 2.45) is 0 Å². The molecular formula is C13H15N3O2. The summed E-state index contributed by atoms with van der Waals surface area (Å²) in [6, 6.07) is 7.29. The molecule has 5 nitrogen and oxygen atoms in total. The standard InChI is InChI=1S/C13H15N3O2/c1-9-2-3-10(15)6-12(9)13(17)16-4-5-18-11(7-14)8-16/h2-3,6,11H,4-5,8,15H2,1H3. The predicted molar refractivity (Wildman–Crippen MR) is 66.8 cm³/mol. The second kappa shape index (κ2) is 5.07. The molecule has 5 heteroatoms. The van der Waals surface area contributed by atoms with E-state index in [-0.39, 0.29) is 5.91 Å². The highest BCUT2D eigenvalue weighted by molar-refractivity contribution is 5.96. The summed E-state index contributed by atoms with van der Waals surface area (Å²) in [6.07, 6.45) is -0.538. The number of carbonyl (C=O) groups excluding carboxylic acids is 1. The number of nitriles is 1. The lowest BCUT2D eigenvalue weighted by Crippen LogP contribution is -2.45. The lowest BCUT2D eigenvalue weighted by atomic mass is 10.1. The Kier molecular flexibility index (Phi) is 3.49. The molecule has 1 amide bonds. The molecule has 1 unspecified atom stereocenters. The van der Waals surface area contributed by atoms with Crippen LogP contribution in [-0.2, 0) is 4.74 Å². The summed E-state index contributed by atoms with van der Waals surface area (Å²) < 4.78 is 5.22. The van der Waals surface area contributed by atoms with Crippen LogP contribution in [0.25, 0.3) is 0 Å². The van der Waals surface area contributed by atoms with E-state index in [0.29, 0.717) is 30.9 Å². The Morgan fingerprint density at radius 3 is 3.11 bits per heavy atom. The molecule has 0 saturated carbocycles. The fourth-order valence-electron chi connectivity index (χ4n) is 1.95. The van der Waals surface area contributed by atoms with Gasteiger partial charge in [-0.15, -0.1) is 0 Å². The molecule has 1 atom stereocenters. The number of rotatable bonds is 1. The second-order valence-electron chi connectivity index (χ2n) is 4.31. The van der Waals surface area contributed by atoms with Crippen LogP contribution in [0.5, 0.6) is 0 Å². The lowest BCUT2D eigenvalue weighted by Gasteiger charge is -2.30. The van der Waals surface area contributed by atoms with Gasteiger partial charge in [0.1, 0.15) is 0 Å². The normalized spacial score (nSPS) is 19.3. The number of ether oxygens (including phenoxy) is 1. The van der Waals surface area contributed by atoms with Gasteiger partial charge in [0, 0.05) is 17.8 Å². The number of morpholine rings is 1. The van der Waals surface area contributed by atoms with E-state index in [2.05, 4.69) is 0 Å². The zero-order chi connectivity index (χ0) is 13.1. The van der Waals surface area contributed by atoms with Crippen LogP contribution >= 0.6 is 0 Å². The van der Waals surface area contributed by atoms with Crippen molar-refractivity contribution in [1.82, 2.24) is 4.90 Å². The maximum Gasteiger partial charge on any atom is 0.254 e. The number of nitrogens with zero attached hydrogens (tertiary/aromatic N) is 2. The zero-order valence-corrected chi connectivity index (χ0v) is 10.2. The van der Waals surface area contributed by atoms with E-state index in [1.54, 1.807) is 17.0 Å². The molecule has 0 aromatic heterocycles. The Hall–Kier alpha value is -2.06. The second-order valence-corrected chi connectivity index (χ2v) is 4.31. The number of nitrogen functional groups attached to an aromatic ring is 1. The molecule has 18 heavy (non-hydrogen) atoms. The Morgan fingerprint density at radius 2 is 2.39 bits per heavy atom. The van der Waals surface area contributed by atoms with Crippen LogP contribution in [-0.4, -0.2) is 36.6 Å². The molecule has 0 aliphatic carbocycles. The number of nitrogens with two attached hydrogens (primary N) is 1. The Labute approximate surface area is 106 Å². The average Bonchev–Trinajstić information content (AvgIpc) is 2.41. The van der Waals surface area contributed by atoms with E-state index in [4.69, 9.17) is 15.7 Å². The highest BCUT2D eigenvalue weighted by Crippen LogP contribution is 2.16. The number of aryl methyl sites for hydroxylation is 1. The lowest BCUT2D eigenvalue weighted by molar-refractivity contribution is 0.00343. The Balaban J connectivity index is 2.21. The van der Waals surface area contributed by atoms with Crippen LogP contribution < -0.4 is 5.73 Å². The number of carbonyl (C=O) groups is 1. The van der Waals surface area contributed by atoms with Gasteiger partial charge >= 0.3 is 0 Å². The van der Waals surface area contributed by atoms with E-state index >= 15 is 0 Å². The van der Waals surface area contributed by atoms with Gasteiger partial charge in [0.2, 0.25) is 0 Å². The molecule has 1 fully saturated rings. The van der Waals surface area contributed by atoms with Crippen molar-refractivity contribution in [3.8, 4) is 6.07 Å². The third-order valence-electron chi connectivity index (χ3n) is 2.99. The summed E-state index contributed by atoms with van der Waals surface area (Å²) in [7, 11) is 0. The topological polar surface area (TPSA) is 79.3 Å². The van der Waals surface area contributed by atoms with Gasteiger partial charge in [0.05, 0.1) is 19.2 Å². The summed E-state index contributed by atoms with van der Waals surface area (Å²) in [5.74, 6) is -0.0941. The maximum absolute atomic E-state index is 12.3. The van der Waals surface area contributed by atoms with Crippen molar-refractivity contribution >= 4 is 11.6 Å². The summed E-state index contributed by atoms with van der Waals surface area (Å²) >= 11 is 0. The van der Waals surface area contributed by atoms with Gasteiger partial charge in [-0.3, -0.25) is 4.79 Å². The molecule has 1 heterocycles. The van der Waals surface area contributed by atoms with Crippen LogP contribution in [0.1, 0.15) is 15.9 Å². The minimum Gasteiger partial charge on any atom is -0.399 e. The van der Waals surface area contributed by atoms with Crippen molar-refractivity contribution in [1.29, 1.82) is 5.26 Å². The number of hydrogen-bond acceptors (Lipinski definition) is 4. The van der Waals surface area contributed by atoms with Crippen LogP contribution in [0.4, 0.5) is 5.69 Å². The van der Waals surface area contributed by atoms with Gasteiger partial charge in [0.15, 0.2) is 6.10 Å². The smallest absolute Gasteiger partial charge is 0.254 e. The maximum atomic E-state index is 12.3. The summed E-state index contributed by atoms with van der Waals surface area (Å²) in [6.45, 7) is 3.08. The predicted octanol–water partition coefficient (Wildman–Crippen LogP) is 0.942. The molecule has 0 radical (unpaired) electrons. The van der Waals surface area contributed by atoms with Crippen LogP contribution in [0.15, 0.2) is 18.2 Å². The summed E-state index contributed by atoms with van der Waals surface area (Å²) in [5.41, 5.74) is 7.74. The fraction of sp³-hybridized carbons (Fsp3) is 0.385. The first-order chi connectivity index (χ1) is 8.61. The Bertz CT molecular complexity index is 507. The summed E-state index contributed by atoms with van der Waals surface area (Å²) in [4.78, 5) is 14.0. The average molecular weight is 245 g/mol. The molecule has 2 N–H and O–H groups in total. The number of benzene rings is 1. The minimum absolute atomic E-state index is 0.0941. The van der Waals surface area contributed by atoms with E-state index in [1.807, 2.05) is 19.1 Å². The quantitative estimate of drug-likeness (QED) is 0.747. The number of anilines is 1. The van der Waals surface area contributed by atoms with Crippen molar-refractivity contribution in [2.45, 2.75) is 13.0 Å². The SMILES string of the molecule is Cc1ccc(N)cc1C(=O)N1CCOC(C#N)C1. The molecule has 1 aromatic carbocycles. The molecule has 94 valence electrons.